The minimum Gasteiger partial charge on any atom is -1.00 e. The highest BCUT2D eigenvalue weighted by Gasteiger charge is 2.34. The lowest BCUT2D eigenvalue weighted by Crippen LogP contribution is -3.00. The zero-order valence-electron chi connectivity index (χ0n) is 20.6. The van der Waals surface area contributed by atoms with Crippen LogP contribution in [-0.2, 0) is 19.3 Å². The third-order valence-corrected chi connectivity index (χ3v) is 8.74. The average molecular weight is 598 g/mol. The van der Waals surface area contributed by atoms with Gasteiger partial charge >= 0.3 is 6.18 Å². The van der Waals surface area contributed by atoms with Crippen LogP contribution < -0.4 is 36.6 Å². The zero-order valence-corrected chi connectivity index (χ0v) is 23.0. The van der Waals surface area contributed by atoms with Crippen LogP contribution in [0, 0.1) is 11.6 Å². The van der Waals surface area contributed by atoms with E-state index in [9.17, 15) is 26.7 Å². The van der Waals surface area contributed by atoms with E-state index in [1.807, 2.05) is 6.92 Å². The molecule has 0 saturated heterocycles. The van der Waals surface area contributed by atoms with E-state index < -0.39 is 23.4 Å². The molecule has 3 heterocycles. The van der Waals surface area contributed by atoms with Crippen LogP contribution in [0.2, 0.25) is 0 Å². The Morgan fingerprint density at radius 2 is 1.74 bits per heavy atom. The average Bonchev–Trinajstić information content (AvgIpc) is 3.38. The van der Waals surface area contributed by atoms with E-state index in [0.717, 1.165) is 23.9 Å². The molecule has 0 unspecified atom stereocenters. The summed E-state index contributed by atoms with van der Waals surface area (Å²) in [4.78, 5) is 15.2. The van der Waals surface area contributed by atoms with Gasteiger partial charge in [-0.05, 0) is 31.2 Å². The second-order valence-electron chi connectivity index (χ2n) is 8.55. The molecule has 0 amide bonds. The van der Waals surface area contributed by atoms with Crippen molar-refractivity contribution in [3.05, 3.63) is 109 Å². The fraction of sp³-hybridized carbons (Fsp3) is 0.185. The summed E-state index contributed by atoms with van der Waals surface area (Å²) < 4.78 is 73.1. The first-order valence-electron chi connectivity index (χ1n) is 11.6. The molecule has 4 aromatic rings. The largest absolute Gasteiger partial charge is 1.00 e. The summed E-state index contributed by atoms with van der Waals surface area (Å²) >= 11 is 2.19. The lowest BCUT2D eigenvalue weighted by molar-refractivity contribution is -0.690. The molecule has 1 aliphatic rings. The lowest BCUT2D eigenvalue weighted by atomic mass is 10.1. The molecular formula is C27H21ClF5N3OS2. The van der Waals surface area contributed by atoms with E-state index in [-0.39, 0.29) is 35.0 Å². The van der Waals surface area contributed by atoms with E-state index in [2.05, 4.69) is 0 Å². The van der Waals surface area contributed by atoms with Crippen molar-refractivity contribution in [2.45, 2.75) is 31.1 Å². The summed E-state index contributed by atoms with van der Waals surface area (Å²) in [5.41, 5.74) is 0.212. The number of halogens is 6. The summed E-state index contributed by atoms with van der Waals surface area (Å²) in [5, 5.41) is 0.487. The minimum absolute atomic E-state index is 0. The Hall–Kier alpha value is -3.15. The third kappa shape index (κ3) is 5.35. The van der Waals surface area contributed by atoms with Gasteiger partial charge in [0.05, 0.1) is 16.1 Å². The van der Waals surface area contributed by atoms with E-state index in [0.29, 0.717) is 32.2 Å². The fourth-order valence-electron chi connectivity index (χ4n) is 4.33. The highest BCUT2D eigenvalue weighted by atomic mass is 35.5. The first kappa shape index (κ1) is 28.8. The molecule has 2 aromatic carbocycles. The predicted molar refractivity (Wildman–Crippen MR) is 138 cm³/mol. The summed E-state index contributed by atoms with van der Waals surface area (Å²) in [7, 11) is 1.69. The molecule has 0 N–H and O–H groups in total. The van der Waals surface area contributed by atoms with Crippen molar-refractivity contribution in [1.29, 1.82) is 0 Å². The van der Waals surface area contributed by atoms with Crippen molar-refractivity contribution in [1.82, 2.24) is 4.57 Å². The Bertz CT molecular complexity index is 1730. The smallest absolute Gasteiger partial charge is 0.416 e. The maximum absolute atomic E-state index is 14.4. The van der Waals surface area contributed by atoms with Crippen molar-refractivity contribution < 1.29 is 38.9 Å². The summed E-state index contributed by atoms with van der Waals surface area (Å²) in [5.74, 6) is -1.92. The Labute approximate surface area is 234 Å². The normalized spacial score (nSPS) is 14.9. The van der Waals surface area contributed by atoms with E-state index in [1.165, 1.54) is 29.5 Å². The van der Waals surface area contributed by atoms with Gasteiger partial charge in [-0.15, -0.1) is 11.3 Å². The number of nitrogens with zero attached hydrogens (tertiary/aromatic N) is 3. The van der Waals surface area contributed by atoms with E-state index >= 15 is 0 Å². The Morgan fingerprint density at radius 3 is 2.46 bits per heavy atom. The van der Waals surface area contributed by atoms with Gasteiger partial charge in [-0.2, -0.15) is 17.7 Å². The number of thiazole rings is 1. The van der Waals surface area contributed by atoms with Crippen LogP contribution in [0.1, 0.15) is 23.7 Å². The van der Waals surface area contributed by atoms with E-state index in [4.69, 9.17) is 0 Å². The molecule has 0 radical (unpaired) electrons. The SMILES string of the molecule is CCn1c(=O)/c(=C2\Sc3c(ccc(F)c3F)N2C)s/c1=C\c1cccc[n+]1Cc1ccccc1C(F)(F)F.[Cl-]. The molecule has 2 aromatic heterocycles. The number of anilines is 1. The first-order valence-corrected chi connectivity index (χ1v) is 13.2. The van der Waals surface area contributed by atoms with Crippen molar-refractivity contribution in [3.63, 3.8) is 0 Å². The molecule has 0 bridgehead atoms. The van der Waals surface area contributed by atoms with Crippen LogP contribution >= 0.6 is 23.1 Å². The standard InChI is InChI=1S/C27H21F5N3OS2.ClH/c1-3-35-21(37-24(25(35)36)26-33(2)20-12-11-19(28)22(29)23(20)38-26)14-17-9-6-7-13-34(17)15-16-8-4-5-10-18(16)27(30,31)32;/h4-14H,3,15H2,1-2H3;1H/q+1;/p-1/b26-24+;. The lowest BCUT2D eigenvalue weighted by Gasteiger charge is -2.12. The predicted octanol–water partition coefficient (Wildman–Crippen LogP) is 1.70. The summed E-state index contributed by atoms with van der Waals surface area (Å²) in [6, 6.07) is 13.2. The second kappa shape index (κ2) is 11.1. The number of aromatic nitrogens is 2. The summed E-state index contributed by atoms with van der Waals surface area (Å²) in [6.07, 6.45) is -1.04. The molecule has 5 rings (SSSR count). The maximum atomic E-state index is 14.4. The first-order chi connectivity index (χ1) is 18.1. The molecule has 4 nitrogen and oxygen atoms in total. The highest BCUT2D eigenvalue weighted by Crippen LogP contribution is 2.47. The molecule has 0 saturated carbocycles. The van der Waals surface area contributed by atoms with Gasteiger partial charge in [0.1, 0.15) is 14.2 Å². The van der Waals surface area contributed by atoms with Gasteiger partial charge in [0.2, 0.25) is 5.69 Å². The van der Waals surface area contributed by atoms with Gasteiger partial charge in [0.25, 0.3) is 5.56 Å². The number of rotatable bonds is 4. The Balaban J connectivity index is 0.00000353. The van der Waals surface area contributed by atoms with Gasteiger partial charge in [0, 0.05) is 37.4 Å². The second-order valence-corrected chi connectivity index (χ2v) is 10.6. The van der Waals surface area contributed by atoms with Crippen molar-refractivity contribution >= 4 is 39.9 Å². The molecule has 0 atom stereocenters. The van der Waals surface area contributed by atoms with Crippen LogP contribution in [-0.4, -0.2) is 11.6 Å². The van der Waals surface area contributed by atoms with Crippen LogP contribution in [0.15, 0.2) is 70.5 Å². The highest BCUT2D eigenvalue weighted by molar-refractivity contribution is 8.08. The van der Waals surface area contributed by atoms with Gasteiger partial charge in [-0.3, -0.25) is 9.36 Å². The molecular weight excluding hydrogens is 577 g/mol. The number of alkyl halides is 3. The van der Waals surface area contributed by atoms with Crippen LogP contribution in [0.3, 0.4) is 0 Å². The number of hydrogen-bond acceptors (Lipinski definition) is 4. The summed E-state index contributed by atoms with van der Waals surface area (Å²) in [6.45, 7) is 2.14. The maximum Gasteiger partial charge on any atom is 0.416 e. The van der Waals surface area contributed by atoms with Crippen LogP contribution in [0.25, 0.3) is 11.1 Å². The van der Waals surface area contributed by atoms with Gasteiger partial charge in [-0.25, -0.2) is 8.78 Å². The van der Waals surface area contributed by atoms with Crippen molar-refractivity contribution in [2.24, 2.45) is 0 Å². The molecule has 0 fully saturated rings. The molecule has 39 heavy (non-hydrogen) atoms. The number of benzene rings is 2. The van der Waals surface area contributed by atoms with E-state index in [1.54, 1.807) is 57.6 Å². The van der Waals surface area contributed by atoms with Crippen molar-refractivity contribution in [3.8, 4) is 0 Å². The topological polar surface area (TPSA) is 29.1 Å². The Morgan fingerprint density at radius 1 is 1.03 bits per heavy atom. The number of fused-ring (bicyclic) bond motifs is 1. The molecule has 0 spiro atoms. The van der Waals surface area contributed by atoms with Gasteiger partial charge in [0.15, 0.2) is 24.4 Å². The van der Waals surface area contributed by atoms with Crippen LogP contribution in [0.4, 0.5) is 27.6 Å². The quantitative estimate of drug-likeness (QED) is 0.265. The third-order valence-electron chi connectivity index (χ3n) is 6.23. The number of hydrogen-bond donors (Lipinski definition) is 0. The van der Waals surface area contributed by atoms with Crippen molar-refractivity contribution in [2.75, 3.05) is 11.9 Å². The number of pyridine rings is 1. The molecule has 12 heteroatoms. The Kier molecular flexibility index (Phi) is 8.25. The van der Waals surface area contributed by atoms with Gasteiger partial charge < -0.3 is 17.3 Å². The fourth-order valence-corrected chi connectivity index (χ4v) is 6.82. The van der Waals surface area contributed by atoms with Gasteiger partial charge in [-0.1, -0.05) is 30.0 Å². The number of thioether (sulfide) groups is 1. The minimum atomic E-state index is -4.48. The molecule has 0 aliphatic carbocycles. The zero-order chi connectivity index (χ0) is 27.2. The molecule has 204 valence electrons. The molecule has 1 aliphatic heterocycles. The monoisotopic (exact) mass is 597 g/mol. The van der Waals surface area contributed by atoms with Crippen LogP contribution in [0.5, 0.6) is 0 Å².